The molecule has 1 saturated carbocycles. The zero-order valence-corrected chi connectivity index (χ0v) is 11.8. The van der Waals surface area contributed by atoms with Crippen LogP contribution in [0.2, 0.25) is 0 Å². The van der Waals surface area contributed by atoms with Gasteiger partial charge >= 0.3 is 0 Å². The SMILES string of the molecule is CN(c1ccccc1F)c1nccc(CNC2CC2)c1F. The summed E-state index contributed by atoms with van der Waals surface area (Å²) in [7, 11) is 1.61. The fourth-order valence-corrected chi connectivity index (χ4v) is 2.22. The molecular weight excluding hydrogens is 272 g/mol. The summed E-state index contributed by atoms with van der Waals surface area (Å²) in [6.45, 7) is 0.469. The van der Waals surface area contributed by atoms with Crippen LogP contribution in [0.4, 0.5) is 20.3 Å². The maximum Gasteiger partial charge on any atom is 0.170 e. The average molecular weight is 289 g/mol. The second kappa shape index (κ2) is 5.77. The number of benzene rings is 1. The van der Waals surface area contributed by atoms with Crippen molar-refractivity contribution in [3.63, 3.8) is 0 Å². The number of aromatic nitrogens is 1. The van der Waals surface area contributed by atoms with Crippen molar-refractivity contribution in [1.82, 2.24) is 10.3 Å². The average Bonchev–Trinajstić information content (AvgIpc) is 3.30. The van der Waals surface area contributed by atoms with Crippen molar-refractivity contribution in [2.24, 2.45) is 0 Å². The first-order valence-electron chi connectivity index (χ1n) is 7.02. The van der Waals surface area contributed by atoms with Crippen molar-refractivity contribution >= 4 is 11.5 Å². The number of nitrogens with one attached hydrogen (secondary N) is 1. The molecule has 1 aromatic heterocycles. The Bertz CT molecular complexity index is 641. The van der Waals surface area contributed by atoms with Crippen molar-refractivity contribution in [3.8, 4) is 0 Å². The smallest absolute Gasteiger partial charge is 0.170 e. The van der Waals surface area contributed by atoms with E-state index >= 15 is 0 Å². The molecule has 0 amide bonds. The third-order valence-corrected chi connectivity index (χ3v) is 3.64. The van der Waals surface area contributed by atoms with E-state index in [1.54, 1.807) is 37.5 Å². The molecule has 110 valence electrons. The van der Waals surface area contributed by atoms with E-state index in [2.05, 4.69) is 10.3 Å². The van der Waals surface area contributed by atoms with Gasteiger partial charge in [0, 0.05) is 31.4 Å². The van der Waals surface area contributed by atoms with Crippen LogP contribution in [0.25, 0.3) is 0 Å². The molecule has 3 rings (SSSR count). The van der Waals surface area contributed by atoms with Gasteiger partial charge < -0.3 is 10.2 Å². The normalized spacial score (nSPS) is 14.2. The molecule has 0 aliphatic heterocycles. The summed E-state index contributed by atoms with van der Waals surface area (Å²) in [4.78, 5) is 5.49. The van der Waals surface area contributed by atoms with Crippen molar-refractivity contribution in [2.45, 2.75) is 25.4 Å². The first-order valence-corrected chi connectivity index (χ1v) is 7.02. The van der Waals surface area contributed by atoms with E-state index in [-0.39, 0.29) is 5.82 Å². The molecule has 5 heteroatoms. The lowest BCUT2D eigenvalue weighted by Crippen LogP contribution is -2.19. The van der Waals surface area contributed by atoms with E-state index in [0.717, 1.165) is 12.8 Å². The molecule has 1 aromatic carbocycles. The molecule has 1 aliphatic carbocycles. The second-order valence-electron chi connectivity index (χ2n) is 5.27. The van der Waals surface area contributed by atoms with Gasteiger partial charge in [0.1, 0.15) is 5.82 Å². The standard InChI is InChI=1S/C16H17F2N3/c1-21(14-5-3-2-4-13(14)17)16-15(18)11(8-9-19-16)10-20-12-6-7-12/h2-5,8-9,12,20H,6-7,10H2,1H3. The molecule has 0 bridgehead atoms. The highest BCUT2D eigenvalue weighted by molar-refractivity contribution is 5.60. The van der Waals surface area contributed by atoms with Crippen LogP contribution in [-0.2, 0) is 6.54 Å². The summed E-state index contributed by atoms with van der Waals surface area (Å²) >= 11 is 0. The van der Waals surface area contributed by atoms with Crippen molar-refractivity contribution in [3.05, 3.63) is 53.7 Å². The molecule has 0 unspecified atom stereocenters. The largest absolute Gasteiger partial charge is 0.325 e. The molecule has 2 aromatic rings. The molecule has 1 heterocycles. The van der Waals surface area contributed by atoms with Gasteiger partial charge in [-0.2, -0.15) is 0 Å². The van der Waals surface area contributed by atoms with Crippen LogP contribution in [0.15, 0.2) is 36.5 Å². The number of rotatable bonds is 5. The van der Waals surface area contributed by atoms with Crippen molar-refractivity contribution in [1.29, 1.82) is 0 Å². The number of halogens is 2. The predicted molar refractivity (Wildman–Crippen MR) is 78.5 cm³/mol. The van der Waals surface area contributed by atoms with Gasteiger partial charge in [0.15, 0.2) is 11.6 Å². The highest BCUT2D eigenvalue weighted by Gasteiger charge is 2.22. The molecule has 21 heavy (non-hydrogen) atoms. The summed E-state index contributed by atoms with van der Waals surface area (Å²) in [5, 5.41) is 3.27. The van der Waals surface area contributed by atoms with Crippen LogP contribution >= 0.6 is 0 Å². The van der Waals surface area contributed by atoms with Gasteiger partial charge in [-0.3, -0.25) is 0 Å². The molecular formula is C16H17F2N3. The van der Waals surface area contributed by atoms with Gasteiger partial charge in [-0.05, 0) is 31.0 Å². The topological polar surface area (TPSA) is 28.2 Å². The minimum Gasteiger partial charge on any atom is -0.325 e. The van der Waals surface area contributed by atoms with Gasteiger partial charge in [-0.15, -0.1) is 0 Å². The quantitative estimate of drug-likeness (QED) is 0.914. The molecule has 0 radical (unpaired) electrons. The first kappa shape index (κ1) is 13.9. The molecule has 0 atom stereocenters. The lowest BCUT2D eigenvalue weighted by molar-refractivity contribution is 0.580. The van der Waals surface area contributed by atoms with Crippen LogP contribution in [0.1, 0.15) is 18.4 Å². The van der Waals surface area contributed by atoms with E-state index in [4.69, 9.17) is 0 Å². The van der Waals surface area contributed by atoms with Crippen LogP contribution < -0.4 is 10.2 Å². The molecule has 1 aliphatic rings. The van der Waals surface area contributed by atoms with Crippen molar-refractivity contribution < 1.29 is 8.78 Å². The molecule has 3 nitrogen and oxygen atoms in total. The number of para-hydroxylation sites is 1. The maximum absolute atomic E-state index is 14.5. The van der Waals surface area contributed by atoms with E-state index in [1.807, 2.05) is 0 Å². The first-order chi connectivity index (χ1) is 10.2. The van der Waals surface area contributed by atoms with Crippen LogP contribution in [0.5, 0.6) is 0 Å². The summed E-state index contributed by atoms with van der Waals surface area (Å²) in [5.74, 6) is -0.672. The van der Waals surface area contributed by atoms with Gasteiger partial charge in [0.25, 0.3) is 0 Å². The Hall–Kier alpha value is -2.01. The Balaban J connectivity index is 1.87. The number of anilines is 2. The minimum atomic E-state index is -0.406. The Morgan fingerprint density at radius 3 is 2.71 bits per heavy atom. The highest BCUT2D eigenvalue weighted by Crippen LogP contribution is 2.28. The third kappa shape index (κ3) is 3.03. The lowest BCUT2D eigenvalue weighted by atomic mass is 10.2. The van der Waals surface area contributed by atoms with Crippen LogP contribution in [0.3, 0.4) is 0 Å². The van der Waals surface area contributed by atoms with Gasteiger partial charge in [0.2, 0.25) is 0 Å². The Morgan fingerprint density at radius 2 is 2.00 bits per heavy atom. The molecule has 1 N–H and O–H groups in total. The summed E-state index contributed by atoms with van der Waals surface area (Å²) < 4.78 is 28.4. The maximum atomic E-state index is 14.5. The lowest BCUT2D eigenvalue weighted by Gasteiger charge is -2.20. The zero-order chi connectivity index (χ0) is 14.8. The fourth-order valence-electron chi connectivity index (χ4n) is 2.22. The minimum absolute atomic E-state index is 0.134. The Labute approximate surface area is 122 Å². The Kier molecular flexibility index (Phi) is 3.84. The summed E-state index contributed by atoms with van der Waals surface area (Å²) in [5.41, 5.74) is 0.853. The number of hydrogen-bond acceptors (Lipinski definition) is 3. The third-order valence-electron chi connectivity index (χ3n) is 3.64. The number of pyridine rings is 1. The van der Waals surface area contributed by atoms with Gasteiger partial charge in [0.05, 0.1) is 5.69 Å². The monoisotopic (exact) mass is 289 g/mol. The van der Waals surface area contributed by atoms with Crippen LogP contribution in [0, 0.1) is 11.6 Å². The van der Waals surface area contributed by atoms with Crippen molar-refractivity contribution in [2.75, 3.05) is 11.9 Å². The summed E-state index contributed by atoms with van der Waals surface area (Å²) in [6, 6.07) is 8.43. The van der Waals surface area contributed by atoms with Gasteiger partial charge in [-0.25, -0.2) is 13.8 Å². The fraction of sp³-hybridized carbons (Fsp3) is 0.312. The van der Waals surface area contributed by atoms with Crippen LogP contribution in [-0.4, -0.2) is 18.1 Å². The van der Waals surface area contributed by atoms with E-state index in [0.29, 0.717) is 23.8 Å². The molecule has 0 spiro atoms. The zero-order valence-electron chi connectivity index (χ0n) is 11.8. The predicted octanol–water partition coefficient (Wildman–Crippen LogP) is 3.38. The summed E-state index contributed by atoms with van der Waals surface area (Å²) in [6.07, 6.45) is 3.85. The highest BCUT2D eigenvalue weighted by atomic mass is 19.1. The second-order valence-corrected chi connectivity index (χ2v) is 5.27. The Morgan fingerprint density at radius 1 is 1.24 bits per heavy atom. The number of nitrogens with zero attached hydrogens (tertiary/aromatic N) is 2. The molecule has 1 fully saturated rings. The van der Waals surface area contributed by atoms with Gasteiger partial charge in [-0.1, -0.05) is 12.1 Å². The molecule has 0 saturated heterocycles. The number of hydrogen-bond donors (Lipinski definition) is 1. The van der Waals surface area contributed by atoms with E-state index in [1.165, 1.54) is 11.0 Å². The van der Waals surface area contributed by atoms with E-state index in [9.17, 15) is 8.78 Å². The van der Waals surface area contributed by atoms with E-state index < -0.39 is 11.6 Å².